The fourth-order valence-electron chi connectivity index (χ4n) is 2.11. The molecule has 0 bridgehead atoms. The van der Waals surface area contributed by atoms with Crippen LogP contribution in [0, 0.1) is 10.1 Å². The molecular weight excluding hydrogens is 455 g/mol. The number of guanidine groups is 1. The van der Waals surface area contributed by atoms with E-state index in [2.05, 4.69) is 15.6 Å². The van der Waals surface area contributed by atoms with Gasteiger partial charge in [0, 0.05) is 30.2 Å². The van der Waals surface area contributed by atoms with E-state index in [0.29, 0.717) is 24.1 Å². The molecule has 0 aromatic heterocycles. The van der Waals surface area contributed by atoms with E-state index in [9.17, 15) is 10.1 Å². The van der Waals surface area contributed by atoms with E-state index in [-0.39, 0.29) is 29.7 Å². The van der Waals surface area contributed by atoms with Gasteiger partial charge in [0.25, 0.3) is 5.69 Å². The van der Waals surface area contributed by atoms with Crippen LogP contribution in [0.3, 0.4) is 0 Å². The number of halogens is 2. The van der Waals surface area contributed by atoms with Crippen molar-refractivity contribution in [3.8, 4) is 0 Å². The van der Waals surface area contributed by atoms with Crippen molar-refractivity contribution in [3.63, 3.8) is 0 Å². The molecule has 6 nitrogen and oxygen atoms in total. The third kappa shape index (κ3) is 7.27. The quantitative estimate of drug-likeness (QED) is 0.217. The van der Waals surface area contributed by atoms with Gasteiger partial charge in [-0.2, -0.15) is 0 Å². The number of nitrogens with one attached hydrogen (secondary N) is 2. The molecule has 0 aliphatic carbocycles. The lowest BCUT2D eigenvalue weighted by molar-refractivity contribution is -0.384. The first-order valence-corrected chi connectivity index (χ1v) is 7.96. The molecular formula is C17H20ClIN4O2. The highest BCUT2D eigenvalue weighted by Crippen LogP contribution is 2.14. The largest absolute Gasteiger partial charge is 0.357 e. The minimum Gasteiger partial charge on any atom is -0.357 e. The van der Waals surface area contributed by atoms with Crippen molar-refractivity contribution in [2.45, 2.75) is 20.0 Å². The second kappa shape index (κ2) is 10.9. The molecule has 0 saturated heterocycles. The summed E-state index contributed by atoms with van der Waals surface area (Å²) in [5, 5.41) is 17.9. The number of nitro benzene ring substituents is 1. The van der Waals surface area contributed by atoms with Crippen LogP contribution in [0.15, 0.2) is 53.5 Å². The SMILES string of the molecule is CCNC(=NCc1cccc([N+](=O)[O-])c1)NCc1cccc(Cl)c1.I. The Labute approximate surface area is 168 Å². The van der Waals surface area contributed by atoms with Crippen molar-refractivity contribution < 1.29 is 4.92 Å². The summed E-state index contributed by atoms with van der Waals surface area (Å²) in [4.78, 5) is 14.9. The van der Waals surface area contributed by atoms with E-state index in [1.807, 2.05) is 37.3 Å². The summed E-state index contributed by atoms with van der Waals surface area (Å²) in [7, 11) is 0. The predicted octanol–water partition coefficient (Wildman–Crippen LogP) is 4.12. The van der Waals surface area contributed by atoms with Crippen molar-refractivity contribution >= 4 is 47.2 Å². The van der Waals surface area contributed by atoms with Crippen LogP contribution in [-0.2, 0) is 13.1 Å². The average Bonchev–Trinajstić information content (AvgIpc) is 2.57. The fourth-order valence-corrected chi connectivity index (χ4v) is 2.33. The summed E-state index contributed by atoms with van der Waals surface area (Å²) in [5.41, 5.74) is 1.90. The minimum atomic E-state index is -0.407. The zero-order valence-corrected chi connectivity index (χ0v) is 16.8. The van der Waals surface area contributed by atoms with Gasteiger partial charge >= 0.3 is 0 Å². The van der Waals surface area contributed by atoms with Gasteiger partial charge in [0.05, 0.1) is 11.5 Å². The van der Waals surface area contributed by atoms with Gasteiger partial charge < -0.3 is 10.6 Å². The number of benzene rings is 2. The van der Waals surface area contributed by atoms with Crippen LogP contribution in [0.25, 0.3) is 0 Å². The minimum absolute atomic E-state index is 0. The third-order valence-electron chi connectivity index (χ3n) is 3.23. The molecule has 8 heteroatoms. The maximum absolute atomic E-state index is 10.8. The molecule has 2 aromatic carbocycles. The van der Waals surface area contributed by atoms with Crippen LogP contribution < -0.4 is 10.6 Å². The highest BCUT2D eigenvalue weighted by atomic mass is 127. The van der Waals surface area contributed by atoms with Crippen LogP contribution in [-0.4, -0.2) is 17.4 Å². The Morgan fingerprint density at radius 3 is 2.56 bits per heavy atom. The summed E-state index contributed by atoms with van der Waals surface area (Å²) >= 11 is 5.97. The Morgan fingerprint density at radius 2 is 1.88 bits per heavy atom. The van der Waals surface area contributed by atoms with Gasteiger partial charge in [0.15, 0.2) is 5.96 Å². The fraction of sp³-hybridized carbons (Fsp3) is 0.235. The Hall–Kier alpha value is -1.87. The molecule has 0 unspecified atom stereocenters. The van der Waals surface area contributed by atoms with E-state index < -0.39 is 4.92 Å². The van der Waals surface area contributed by atoms with Gasteiger partial charge in [-0.25, -0.2) is 4.99 Å². The average molecular weight is 475 g/mol. The van der Waals surface area contributed by atoms with Crippen LogP contribution in [0.5, 0.6) is 0 Å². The van der Waals surface area contributed by atoms with Crippen LogP contribution in [0.2, 0.25) is 5.02 Å². The Balaban J connectivity index is 0.00000312. The van der Waals surface area contributed by atoms with E-state index in [0.717, 1.165) is 17.7 Å². The number of hydrogen-bond donors (Lipinski definition) is 2. The number of rotatable bonds is 6. The van der Waals surface area contributed by atoms with Crippen LogP contribution in [0.1, 0.15) is 18.1 Å². The molecule has 0 aliphatic heterocycles. The van der Waals surface area contributed by atoms with Gasteiger partial charge in [0.1, 0.15) is 0 Å². The Morgan fingerprint density at radius 1 is 1.16 bits per heavy atom. The number of nitro groups is 1. The molecule has 0 radical (unpaired) electrons. The maximum atomic E-state index is 10.8. The molecule has 0 amide bonds. The van der Waals surface area contributed by atoms with Gasteiger partial charge in [-0.15, -0.1) is 24.0 Å². The molecule has 0 spiro atoms. The van der Waals surface area contributed by atoms with Gasteiger partial charge in [0.2, 0.25) is 0 Å². The zero-order chi connectivity index (χ0) is 17.4. The lowest BCUT2D eigenvalue weighted by Gasteiger charge is -2.11. The monoisotopic (exact) mass is 474 g/mol. The first kappa shape index (κ1) is 21.2. The standard InChI is InChI=1S/C17H19ClN4O2.HI/c1-2-19-17(20-11-13-5-3-7-15(18)9-13)21-12-14-6-4-8-16(10-14)22(23)24;/h3-10H,2,11-12H2,1H3,(H2,19,20,21);1H. The van der Waals surface area contributed by atoms with Crippen LogP contribution >= 0.6 is 35.6 Å². The molecule has 0 aliphatic rings. The molecule has 2 aromatic rings. The molecule has 2 N–H and O–H groups in total. The molecule has 0 fully saturated rings. The van der Waals surface area contributed by atoms with Gasteiger partial charge in [-0.1, -0.05) is 35.9 Å². The van der Waals surface area contributed by atoms with Gasteiger partial charge in [-0.3, -0.25) is 10.1 Å². The van der Waals surface area contributed by atoms with Crippen molar-refractivity contribution in [1.82, 2.24) is 10.6 Å². The topological polar surface area (TPSA) is 79.6 Å². The number of nitrogens with zero attached hydrogens (tertiary/aromatic N) is 2. The highest BCUT2D eigenvalue weighted by molar-refractivity contribution is 14.0. The van der Waals surface area contributed by atoms with Crippen molar-refractivity contribution in [2.24, 2.45) is 4.99 Å². The third-order valence-corrected chi connectivity index (χ3v) is 3.47. The molecule has 0 heterocycles. The predicted molar refractivity (Wildman–Crippen MR) is 112 cm³/mol. The van der Waals surface area contributed by atoms with Gasteiger partial charge in [-0.05, 0) is 30.2 Å². The van der Waals surface area contributed by atoms with E-state index >= 15 is 0 Å². The molecule has 0 saturated carbocycles. The second-order valence-electron chi connectivity index (χ2n) is 5.11. The summed E-state index contributed by atoms with van der Waals surface area (Å²) < 4.78 is 0. The first-order valence-electron chi connectivity index (χ1n) is 7.58. The number of aliphatic imine (C=N–C) groups is 1. The molecule has 0 atom stereocenters. The zero-order valence-electron chi connectivity index (χ0n) is 13.7. The molecule has 25 heavy (non-hydrogen) atoms. The Bertz CT molecular complexity index is 740. The lowest BCUT2D eigenvalue weighted by Crippen LogP contribution is -2.36. The van der Waals surface area contributed by atoms with Crippen molar-refractivity contribution in [1.29, 1.82) is 0 Å². The summed E-state index contributed by atoms with van der Waals surface area (Å²) in [6.45, 7) is 3.63. The number of hydrogen-bond acceptors (Lipinski definition) is 3. The summed E-state index contributed by atoms with van der Waals surface area (Å²) in [5.74, 6) is 0.643. The smallest absolute Gasteiger partial charge is 0.269 e. The van der Waals surface area contributed by atoms with Crippen molar-refractivity contribution in [3.05, 3.63) is 74.8 Å². The number of non-ortho nitro benzene ring substituents is 1. The van der Waals surface area contributed by atoms with E-state index in [4.69, 9.17) is 11.6 Å². The van der Waals surface area contributed by atoms with Crippen molar-refractivity contribution in [2.75, 3.05) is 6.54 Å². The first-order chi connectivity index (χ1) is 11.6. The highest BCUT2D eigenvalue weighted by Gasteiger charge is 2.05. The maximum Gasteiger partial charge on any atom is 0.269 e. The summed E-state index contributed by atoms with van der Waals surface area (Å²) in [6.07, 6.45) is 0. The van der Waals surface area contributed by atoms with E-state index in [1.165, 1.54) is 12.1 Å². The molecule has 134 valence electrons. The summed E-state index contributed by atoms with van der Waals surface area (Å²) in [6, 6.07) is 14.1. The Kier molecular flexibility index (Phi) is 9.22. The molecule has 2 rings (SSSR count). The van der Waals surface area contributed by atoms with Crippen LogP contribution in [0.4, 0.5) is 5.69 Å². The second-order valence-corrected chi connectivity index (χ2v) is 5.54. The van der Waals surface area contributed by atoms with E-state index in [1.54, 1.807) is 6.07 Å². The lowest BCUT2D eigenvalue weighted by atomic mass is 10.2. The normalized spacial score (nSPS) is 10.7.